The van der Waals surface area contributed by atoms with Crippen LogP contribution >= 0.6 is 27.7 Å². The molecule has 0 unspecified atom stereocenters. The quantitative estimate of drug-likeness (QED) is 0.866. The normalized spacial score (nSPS) is 10.5. The Hall–Kier alpha value is -1.47. The van der Waals surface area contributed by atoms with E-state index >= 15 is 0 Å². The molecule has 0 atom stereocenters. The molecule has 0 spiro atoms. The molecule has 0 fully saturated rings. The molecule has 0 amide bonds. The van der Waals surface area contributed by atoms with E-state index in [9.17, 15) is 4.79 Å². The van der Waals surface area contributed by atoms with Gasteiger partial charge < -0.3 is 5.11 Å². The van der Waals surface area contributed by atoms with Gasteiger partial charge in [-0.15, -0.1) is 0 Å². The molecule has 2 rings (SSSR count). The van der Waals surface area contributed by atoms with Crippen LogP contribution in [-0.4, -0.2) is 26.0 Å². The van der Waals surface area contributed by atoms with Crippen molar-refractivity contribution in [3.63, 3.8) is 0 Å². The molecule has 5 nitrogen and oxygen atoms in total. The fourth-order valence-electron chi connectivity index (χ4n) is 1.49. The lowest BCUT2D eigenvalue weighted by Crippen LogP contribution is -2.02. The lowest BCUT2D eigenvalue weighted by Gasteiger charge is -2.05. The Morgan fingerprint density at radius 1 is 1.26 bits per heavy atom. The highest BCUT2D eigenvalue weighted by atomic mass is 79.9. The van der Waals surface area contributed by atoms with Crippen molar-refractivity contribution in [2.75, 3.05) is 0 Å². The number of hydrogen-bond donors (Lipinski definition) is 1. The highest BCUT2D eigenvalue weighted by Crippen LogP contribution is 2.28. The zero-order chi connectivity index (χ0) is 14.0. The second-order valence-corrected chi connectivity index (χ2v) is 5.72. The van der Waals surface area contributed by atoms with Crippen molar-refractivity contribution < 1.29 is 9.90 Å². The molecule has 1 N–H and O–H groups in total. The summed E-state index contributed by atoms with van der Waals surface area (Å²) in [5.74, 6) is -1.03. The molecule has 19 heavy (non-hydrogen) atoms. The average Bonchev–Trinajstić information content (AvgIpc) is 2.30. The number of pyridine rings is 1. The minimum Gasteiger partial charge on any atom is -0.478 e. The molecule has 0 aliphatic heterocycles. The van der Waals surface area contributed by atoms with Crippen LogP contribution in [0.4, 0.5) is 0 Å². The smallest absolute Gasteiger partial charge is 0.338 e. The Morgan fingerprint density at radius 3 is 2.47 bits per heavy atom. The first-order valence-electron chi connectivity index (χ1n) is 5.34. The average molecular weight is 340 g/mol. The number of halogens is 1. The van der Waals surface area contributed by atoms with Gasteiger partial charge in [-0.1, -0.05) is 0 Å². The predicted octanol–water partition coefficient (Wildman–Crippen LogP) is 3.10. The number of rotatable bonds is 3. The Kier molecular flexibility index (Phi) is 4.16. The van der Waals surface area contributed by atoms with Crippen LogP contribution in [0.15, 0.2) is 33.0 Å². The molecular weight excluding hydrogens is 330 g/mol. The van der Waals surface area contributed by atoms with Crippen molar-refractivity contribution in [1.29, 1.82) is 0 Å². The molecule has 0 aliphatic rings. The molecule has 0 saturated carbocycles. The van der Waals surface area contributed by atoms with E-state index in [0.717, 1.165) is 23.1 Å². The van der Waals surface area contributed by atoms with Crippen LogP contribution in [0.25, 0.3) is 0 Å². The van der Waals surface area contributed by atoms with Crippen LogP contribution < -0.4 is 0 Å². The topological polar surface area (TPSA) is 76.0 Å². The Labute approximate surface area is 122 Å². The highest BCUT2D eigenvalue weighted by molar-refractivity contribution is 9.10. The number of aryl methyl sites for hydroxylation is 2. The lowest BCUT2D eigenvalue weighted by molar-refractivity contribution is 0.0692. The van der Waals surface area contributed by atoms with Crippen molar-refractivity contribution in [3.8, 4) is 0 Å². The molecule has 0 saturated heterocycles. The molecule has 0 bridgehead atoms. The molecule has 7 heteroatoms. The molecule has 0 radical (unpaired) electrons. The van der Waals surface area contributed by atoms with Gasteiger partial charge in [0.25, 0.3) is 0 Å². The van der Waals surface area contributed by atoms with Crippen molar-refractivity contribution in [2.45, 2.75) is 24.0 Å². The van der Waals surface area contributed by atoms with Crippen LogP contribution in [0.1, 0.15) is 21.7 Å². The third-order valence-electron chi connectivity index (χ3n) is 2.20. The van der Waals surface area contributed by atoms with Crippen LogP contribution in [0.5, 0.6) is 0 Å². The summed E-state index contributed by atoms with van der Waals surface area (Å²) in [6, 6.07) is 3.37. The summed E-state index contributed by atoms with van der Waals surface area (Å²) in [4.78, 5) is 23.8. The summed E-state index contributed by atoms with van der Waals surface area (Å²) in [7, 11) is 0. The number of aromatic nitrogens is 3. The van der Waals surface area contributed by atoms with E-state index in [0.29, 0.717) is 14.7 Å². The molecule has 2 aromatic heterocycles. The number of aromatic carboxylic acids is 1. The number of carboxylic acids is 1. The zero-order valence-electron chi connectivity index (χ0n) is 10.2. The fourth-order valence-corrected chi connectivity index (χ4v) is 2.73. The van der Waals surface area contributed by atoms with Gasteiger partial charge in [0.2, 0.25) is 0 Å². The largest absolute Gasteiger partial charge is 0.478 e. The number of carbonyl (C=O) groups is 1. The maximum Gasteiger partial charge on any atom is 0.338 e. The van der Waals surface area contributed by atoms with Gasteiger partial charge in [0.15, 0.2) is 5.16 Å². The Morgan fingerprint density at radius 2 is 1.89 bits per heavy atom. The second kappa shape index (κ2) is 5.66. The van der Waals surface area contributed by atoms with Gasteiger partial charge in [0, 0.05) is 22.1 Å². The van der Waals surface area contributed by atoms with Crippen LogP contribution in [0.3, 0.4) is 0 Å². The maximum atomic E-state index is 11.2. The third kappa shape index (κ3) is 3.51. The van der Waals surface area contributed by atoms with E-state index in [4.69, 9.17) is 5.11 Å². The Bertz CT molecular complexity index is 629. The summed E-state index contributed by atoms with van der Waals surface area (Å²) < 4.78 is 0.621. The highest BCUT2D eigenvalue weighted by Gasteiger charge is 2.15. The van der Waals surface area contributed by atoms with Gasteiger partial charge in [0.05, 0.1) is 5.56 Å². The van der Waals surface area contributed by atoms with E-state index < -0.39 is 5.97 Å². The first kappa shape index (κ1) is 14.0. The summed E-state index contributed by atoms with van der Waals surface area (Å²) in [5, 5.41) is 10.0. The summed E-state index contributed by atoms with van der Waals surface area (Å²) in [6.45, 7) is 3.73. The molecule has 0 aliphatic carbocycles. The second-order valence-electron chi connectivity index (χ2n) is 3.85. The molecule has 98 valence electrons. The minimum atomic E-state index is -1.03. The SMILES string of the molecule is Cc1cc(C)nc(Sc2ncc(Br)cc2C(=O)O)n1. The number of hydrogen-bond acceptors (Lipinski definition) is 5. The zero-order valence-corrected chi connectivity index (χ0v) is 12.6. The third-order valence-corrected chi connectivity index (χ3v) is 3.52. The van der Waals surface area contributed by atoms with Crippen molar-refractivity contribution in [1.82, 2.24) is 15.0 Å². The molecule has 2 aromatic rings. The summed E-state index contributed by atoms with van der Waals surface area (Å²) >= 11 is 4.35. The number of carboxylic acid groups (broad SMARTS) is 1. The van der Waals surface area contributed by atoms with E-state index in [1.807, 2.05) is 19.9 Å². The van der Waals surface area contributed by atoms with Crippen LogP contribution in [-0.2, 0) is 0 Å². The standard InChI is InChI=1S/C12H10BrN3O2S/c1-6-3-7(2)16-12(15-6)19-10-9(11(17)18)4-8(13)5-14-10/h3-5H,1-2H3,(H,17,18). The van der Waals surface area contributed by atoms with Crippen molar-refractivity contribution >= 4 is 33.7 Å². The van der Waals surface area contributed by atoms with Crippen LogP contribution in [0, 0.1) is 13.8 Å². The first-order chi connectivity index (χ1) is 8.95. The van der Waals surface area contributed by atoms with Crippen LogP contribution in [0.2, 0.25) is 0 Å². The summed E-state index contributed by atoms with van der Waals surface area (Å²) in [5.41, 5.74) is 1.80. The minimum absolute atomic E-state index is 0.127. The monoisotopic (exact) mass is 339 g/mol. The van der Waals surface area contributed by atoms with Gasteiger partial charge in [0.1, 0.15) is 5.03 Å². The van der Waals surface area contributed by atoms with Gasteiger partial charge in [-0.25, -0.2) is 19.7 Å². The van der Waals surface area contributed by atoms with Gasteiger partial charge >= 0.3 is 5.97 Å². The molecule has 0 aromatic carbocycles. The van der Waals surface area contributed by atoms with Gasteiger partial charge in [-0.05, 0) is 53.7 Å². The van der Waals surface area contributed by atoms with E-state index in [2.05, 4.69) is 30.9 Å². The van der Waals surface area contributed by atoms with E-state index in [1.165, 1.54) is 6.07 Å². The molecular formula is C12H10BrN3O2S. The Balaban J connectivity index is 2.40. The summed E-state index contributed by atoms with van der Waals surface area (Å²) in [6.07, 6.45) is 1.55. The fraction of sp³-hybridized carbons (Fsp3) is 0.167. The van der Waals surface area contributed by atoms with E-state index in [-0.39, 0.29) is 5.56 Å². The first-order valence-corrected chi connectivity index (χ1v) is 6.95. The van der Waals surface area contributed by atoms with Gasteiger partial charge in [-0.2, -0.15) is 0 Å². The number of nitrogens with zero attached hydrogens (tertiary/aromatic N) is 3. The van der Waals surface area contributed by atoms with Gasteiger partial charge in [-0.3, -0.25) is 0 Å². The molecule has 2 heterocycles. The van der Waals surface area contributed by atoms with Crippen molar-refractivity contribution in [3.05, 3.63) is 39.8 Å². The maximum absolute atomic E-state index is 11.2. The predicted molar refractivity (Wildman–Crippen MR) is 74.5 cm³/mol. The van der Waals surface area contributed by atoms with Crippen molar-refractivity contribution in [2.24, 2.45) is 0 Å². The van der Waals surface area contributed by atoms with E-state index in [1.54, 1.807) is 6.20 Å². The lowest BCUT2D eigenvalue weighted by atomic mass is 10.3.